The zero-order valence-corrected chi connectivity index (χ0v) is 13.3. The first-order valence-electron chi connectivity index (χ1n) is 7.63. The van der Waals surface area contributed by atoms with E-state index in [1.54, 1.807) is 0 Å². The van der Waals surface area contributed by atoms with E-state index in [-0.39, 0.29) is 5.97 Å². The first kappa shape index (κ1) is 18.7. The lowest BCUT2D eigenvalue weighted by molar-refractivity contribution is -0.146. The monoisotopic (exact) mass is 279 g/mol. The molecule has 1 unspecified atom stereocenters. The van der Waals surface area contributed by atoms with E-state index in [0.29, 0.717) is 18.9 Å². The standard InChI is InChI=1S/C15H23NO2.C2H6/c1-3-12(4-2)11-18-15(17)14(16)10-13-8-6-5-7-9-13;1-2/h5-9,12,14H,3-4,10-11,16H2,1-2H3;1-2H3. The Bertz CT molecular complexity index is 347. The number of rotatable bonds is 7. The van der Waals surface area contributed by atoms with Gasteiger partial charge in [-0.15, -0.1) is 0 Å². The number of hydrogen-bond donors (Lipinski definition) is 1. The number of carbonyl (C=O) groups is 1. The maximum atomic E-state index is 11.7. The van der Waals surface area contributed by atoms with E-state index in [1.807, 2.05) is 44.2 Å². The Labute approximate surface area is 123 Å². The fraction of sp³-hybridized carbons (Fsp3) is 0.588. The molecule has 0 amide bonds. The number of ether oxygens (including phenoxy) is 1. The minimum atomic E-state index is -0.568. The molecule has 1 aromatic rings. The van der Waals surface area contributed by atoms with Gasteiger partial charge in [-0.2, -0.15) is 0 Å². The highest BCUT2D eigenvalue weighted by atomic mass is 16.5. The number of carbonyl (C=O) groups excluding carboxylic acids is 1. The molecule has 1 rings (SSSR count). The van der Waals surface area contributed by atoms with Crippen molar-refractivity contribution in [1.29, 1.82) is 0 Å². The molecule has 0 aliphatic carbocycles. The van der Waals surface area contributed by atoms with Crippen molar-refractivity contribution in [3.8, 4) is 0 Å². The molecule has 20 heavy (non-hydrogen) atoms. The van der Waals surface area contributed by atoms with Crippen LogP contribution in [0.15, 0.2) is 30.3 Å². The highest BCUT2D eigenvalue weighted by molar-refractivity contribution is 5.75. The molecule has 1 aromatic carbocycles. The summed E-state index contributed by atoms with van der Waals surface area (Å²) in [7, 11) is 0. The van der Waals surface area contributed by atoms with Crippen LogP contribution in [0.1, 0.15) is 46.1 Å². The third-order valence-corrected chi connectivity index (χ3v) is 3.22. The van der Waals surface area contributed by atoms with Crippen molar-refractivity contribution in [3.05, 3.63) is 35.9 Å². The Morgan fingerprint density at radius 1 is 1.15 bits per heavy atom. The number of nitrogens with two attached hydrogens (primary N) is 1. The zero-order chi connectivity index (χ0) is 15.4. The molecule has 0 aliphatic heterocycles. The van der Waals surface area contributed by atoms with Gasteiger partial charge in [-0.25, -0.2) is 0 Å². The van der Waals surface area contributed by atoms with Gasteiger partial charge in [-0.1, -0.05) is 70.9 Å². The molecule has 114 valence electrons. The Hall–Kier alpha value is -1.35. The molecule has 0 radical (unpaired) electrons. The van der Waals surface area contributed by atoms with E-state index in [2.05, 4.69) is 13.8 Å². The van der Waals surface area contributed by atoms with E-state index >= 15 is 0 Å². The predicted octanol–water partition coefficient (Wildman–Crippen LogP) is 3.56. The Morgan fingerprint density at radius 3 is 2.20 bits per heavy atom. The molecule has 3 nitrogen and oxygen atoms in total. The van der Waals surface area contributed by atoms with Crippen LogP contribution in [-0.2, 0) is 16.0 Å². The topological polar surface area (TPSA) is 52.3 Å². The van der Waals surface area contributed by atoms with Crippen LogP contribution in [0.5, 0.6) is 0 Å². The van der Waals surface area contributed by atoms with Crippen LogP contribution in [0.3, 0.4) is 0 Å². The zero-order valence-electron chi connectivity index (χ0n) is 13.3. The summed E-state index contributed by atoms with van der Waals surface area (Å²) in [5.74, 6) is 0.142. The first-order valence-corrected chi connectivity index (χ1v) is 7.63. The van der Waals surface area contributed by atoms with Crippen molar-refractivity contribution in [3.63, 3.8) is 0 Å². The summed E-state index contributed by atoms with van der Waals surface area (Å²) >= 11 is 0. The molecular weight excluding hydrogens is 250 g/mol. The number of esters is 1. The van der Waals surface area contributed by atoms with Crippen molar-refractivity contribution in [2.45, 2.75) is 53.0 Å². The summed E-state index contributed by atoms with van der Waals surface area (Å²) in [4.78, 5) is 11.7. The number of hydrogen-bond acceptors (Lipinski definition) is 3. The van der Waals surface area contributed by atoms with Crippen LogP contribution in [0, 0.1) is 5.92 Å². The van der Waals surface area contributed by atoms with Gasteiger partial charge in [-0.3, -0.25) is 4.79 Å². The normalized spacial score (nSPS) is 11.5. The van der Waals surface area contributed by atoms with Crippen LogP contribution in [0.25, 0.3) is 0 Å². The average molecular weight is 279 g/mol. The van der Waals surface area contributed by atoms with Crippen molar-refractivity contribution >= 4 is 5.97 Å². The van der Waals surface area contributed by atoms with Crippen LogP contribution < -0.4 is 5.73 Å². The molecule has 0 fully saturated rings. The predicted molar refractivity (Wildman–Crippen MR) is 84.5 cm³/mol. The number of benzene rings is 1. The van der Waals surface area contributed by atoms with Gasteiger partial charge in [0, 0.05) is 0 Å². The van der Waals surface area contributed by atoms with Crippen LogP contribution in [0.2, 0.25) is 0 Å². The van der Waals surface area contributed by atoms with Crippen molar-refractivity contribution in [2.24, 2.45) is 11.7 Å². The molecule has 2 N–H and O–H groups in total. The van der Waals surface area contributed by atoms with E-state index in [1.165, 1.54) is 0 Å². The minimum absolute atomic E-state index is 0.300. The Balaban J connectivity index is 0.00000172. The maximum Gasteiger partial charge on any atom is 0.323 e. The molecule has 3 heteroatoms. The molecule has 0 heterocycles. The van der Waals surface area contributed by atoms with Crippen LogP contribution in [-0.4, -0.2) is 18.6 Å². The van der Waals surface area contributed by atoms with E-state index in [4.69, 9.17) is 10.5 Å². The highest BCUT2D eigenvalue weighted by Crippen LogP contribution is 2.09. The summed E-state index contributed by atoms with van der Waals surface area (Å²) in [6.07, 6.45) is 2.58. The van der Waals surface area contributed by atoms with Gasteiger partial charge in [0.15, 0.2) is 0 Å². The van der Waals surface area contributed by atoms with Gasteiger partial charge in [0.2, 0.25) is 0 Å². The second-order valence-electron chi connectivity index (χ2n) is 4.61. The lowest BCUT2D eigenvalue weighted by atomic mass is 10.0. The largest absolute Gasteiger partial charge is 0.464 e. The van der Waals surface area contributed by atoms with E-state index in [0.717, 1.165) is 18.4 Å². The summed E-state index contributed by atoms with van der Waals surface area (Å²) < 4.78 is 5.26. The van der Waals surface area contributed by atoms with Gasteiger partial charge in [0.25, 0.3) is 0 Å². The quantitative estimate of drug-likeness (QED) is 0.776. The van der Waals surface area contributed by atoms with Crippen LogP contribution >= 0.6 is 0 Å². The lowest BCUT2D eigenvalue weighted by Gasteiger charge is -2.15. The molecule has 0 aromatic heterocycles. The second-order valence-corrected chi connectivity index (χ2v) is 4.61. The van der Waals surface area contributed by atoms with Gasteiger partial charge in [0.1, 0.15) is 6.04 Å². The summed E-state index contributed by atoms with van der Waals surface area (Å²) in [5, 5.41) is 0. The van der Waals surface area contributed by atoms with Gasteiger partial charge >= 0.3 is 5.97 Å². The summed E-state index contributed by atoms with van der Waals surface area (Å²) in [5.41, 5.74) is 6.90. The SMILES string of the molecule is CC.CCC(CC)COC(=O)C(N)Cc1ccccc1. The highest BCUT2D eigenvalue weighted by Gasteiger charge is 2.16. The molecular formula is C17H29NO2. The van der Waals surface area contributed by atoms with Gasteiger partial charge in [-0.05, 0) is 17.9 Å². The van der Waals surface area contributed by atoms with Crippen molar-refractivity contribution in [1.82, 2.24) is 0 Å². The fourth-order valence-electron chi connectivity index (χ4n) is 1.78. The van der Waals surface area contributed by atoms with E-state index in [9.17, 15) is 4.79 Å². The summed E-state index contributed by atoms with van der Waals surface area (Å²) in [6.45, 7) is 8.69. The minimum Gasteiger partial charge on any atom is -0.464 e. The van der Waals surface area contributed by atoms with E-state index < -0.39 is 6.04 Å². The first-order chi connectivity index (χ1) is 9.67. The molecule has 0 bridgehead atoms. The molecule has 0 saturated heterocycles. The smallest absolute Gasteiger partial charge is 0.323 e. The average Bonchev–Trinajstić information content (AvgIpc) is 2.51. The Kier molecular flexibility index (Phi) is 10.7. The molecule has 0 saturated carbocycles. The third kappa shape index (κ3) is 7.29. The lowest BCUT2D eigenvalue weighted by Crippen LogP contribution is -2.35. The molecule has 0 aliphatic rings. The Morgan fingerprint density at radius 2 is 1.70 bits per heavy atom. The summed E-state index contributed by atoms with van der Waals surface area (Å²) in [6, 6.07) is 9.19. The third-order valence-electron chi connectivity index (χ3n) is 3.22. The van der Waals surface area contributed by atoms with Crippen molar-refractivity contribution < 1.29 is 9.53 Å². The van der Waals surface area contributed by atoms with Crippen molar-refractivity contribution in [2.75, 3.05) is 6.61 Å². The molecule has 0 spiro atoms. The van der Waals surface area contributed by atoms with Gasteiger partial charge in [0.05, 0.1) is 6.61 Å². The fourth-order valence-corrected chi connectivity index (χ4v) is 1.78. The maximum absolute atomic E-state index is 11.7. The van der Waals surface area contributed by atoms with Crippen LogP contribution in [0.4, 0.5) is 0 Å². The van der Waals surface area contributed by atoms with Gasteiger partial charge < -0.3 is 10.5 Å². The second kappa shape index (κ2) is 11.5. The molecule has 1 atom stereocenters.